The van der Waals surface area contributed by atoms with Crippen LogP contribution in [0.2, 0.25) is 0 Å². The first kappa shape index (κ1) is 14.0. The van der Waals surface area contributed by atoms with E-state index in [2.05, 4.69) is 10.3 Å². The Morgan fingerprint density at radius 3 is 2.72 bits per heavy atom. The van der Waals surface area contributed by atoms with Gasteiger partial charge >= 0.3 is 0 Å². The molecular weight excluding hydrogens is 232 g/mol. The highest BCUT2D eigenvalue weighted by molar-refractivity contribution is 5.98. The number of nitrogens with two attached hydrogens (primary N) is 2. The van der Waals surface area contributed by atoms with Gasteiger partial charge in [0.1, 0.15) is 0 Å². The molecule has 6 nitrogen and oxygen atoms in total. The molecule has 0 unspecified atom stereocenters. The molecule has 6 heteroatoms. The van der Waals surface area contributed by atoms with Gasteiger partial charge in [0.25, 0.3) is 5.91 Å². The third kappa shape index (κ3) is 4.40. The molecule has 0 saturated heterocycles. The van der Waals surface area contributed by atoms with Crippen molar-refractivity contribution in [3.8, 4) is 0 Å². The van der Waals surface area contributed by atoms with Crippen LogP contribution in [0, 0.1) is 6.92 Å². The number of amides is 2. The summed E-state index contributed by atoms with van der Waals surface area (Å²) < 4.78 is 0. The molecule has 0 aliphatic heterocycles. The van der Waals surface area contributed by atoms with Crippen molar-refractivity contribution in [2.75, 3.05) is 12.3 Å². The van der Waals surface area contributed by atoms with Crippen LogP contribution >= 0.6 is 0 Å². The van der Waals surface area contributed by atoms with Crippen molar-refractivity contribution in [3.05, 3.63) is 23.5 Å². The zero-order chi connectivity index (χ0) is 13.5. The first-order chi connectivity index (χ1) is 8.50. The van der Waals surface area contributed by atoms with E-state index >= 15 is 0 Å². The summed E-state index contributed by atoms with van der Waals surface area (Å²) in [5, 5.41) is 2.72. The largest absolute Gasteiger partial charge is 0.398 e. The molecule has 0 aromatic carbocycles. The molecule has 0 aliphatic carbocycles. The van der Waals surface area contributed by atoms with Crippen LogP contribution in [0.1, 0.15) is 35.3 Å². The Labute approximate surface area is 106 Å². The second-order valence-electron chi connectivity index (χ2n) is 4.09. The topological polar surface area (TPSA) is 111 Å². The van der Waals surface area contributed by atoms with Gasteiger partial charge in [0.05, 0.1) is 5.56 Å². The summed E-state index contributed by atoms with van der Waals surface area (Å²) in [5.41, 5.74) is 12.3. The number of nitrogens with zero attached hydrogens (tertiary/aromatic N) is 1. The SMILES string of the molecule is Cc1cc(N)c(C(=O)NCCCCC(N)=O)cn1. The number of aryl methyl sites for hydroxylation is 1. The molecular formula is C12H18N4O2. The molecule has 0 radical (unpaired) electrons. The fourth-order valence-corrected chi connectivity index (χ4v) is 1.49. The van der Waals surface area contributed by atoms with Crippen LogP contribution in [0.25, 0.3) is 0 Å². The number of pyridine rings is 1. The smallest absolute Gasteiger partial charge is 0.254 e. The van der Waals surface area contributed by atoms with E-state index in [-0.39, 0.29) is 11.8 Å². The number of aromatic nitrogens is 1. The highest BCUT2D eigenvalue weighted by atomic mass is 16.2. The van der Waals surface area contributed by atoms with E-state index in [1.54, 1.807) is 6.07 Å². The Morgan fingerprint density at radius 2 is 2.11 bits per heavy atom. The second kappa shape index (κ2) is 6.58. The standard InChI is InChI=1S/C12H18N4O2/c1-8-6-10(13)9(7-16-8)12(18)15-5-3-2-4-11(14)17/h6-7H,2-5H2,1H3,(H2,13,16)(H2,14,17)(H,15,18). The Bertz CT molecular complexity index is 446. The van der Waals surface area contributed by atoms with Crippen molar-refractivity contribution < 1.29 is 9.59 Å². The van der Waals surface area contributed by atoms with E-state index in [4.69, 9.17) is 11.5 Å². The van der Waals surface area contributed by atoms with Gasteiger partial charge in [-0.3, -0.25) is 14.6 Å². The molecule has 0 spiro atoms. The molecule has 1 heterocycles. The molecule has 0 atom stereocenters. The molecule has 1 aromatic heterocycles. The first-order valence-electron chi connectivity index (χ1n) is 5.79. The fraction of sp³-hybridized carbons (Fsp3) is 0.417. The number of anilines is 1. The molecule has 0 aliphatic rings. The van der Waals surface area contributed by atoms with Gasteiger partial charge in [-0.15, -0.1) is 0 Å². The van der Waals surface area contributed by atoms with Crippen molar-refractivity contribution in [2.45, 2.75) is 26.2 Å². The summed E-state index contributed by atoms with van der Waals surface area (Å²) in [6, 6.07) is 1.65. The lowest BCUT2D eigenvalue weighted by atomic mass is 10.2. The van der Waals surface area contributed by atoms with Gasteiger partial charge in [0.15, 0.2) is 0 Å². The predicted octanol–water partition coefficient (Wildman–Crippen LogP) is 0.358. The molecule has 2 amide bonds. The minimum atomic E-state index is -0.326. The lowest BCUT2D eigenvalue weighted by molar-refractivity contribution is -0.118. The molecule has 0 bridgehead atoms. The Kier molecular flexibility index (Phi) is 5.10. The maximum absolute atomic E-state index is 11.8. The normalized spacial score (nSPS) is 10.1. The van der Waals surface area contributed by atoms with E-state index in [0.29, 0.717) is 37.1 Å². The predicted molar refractivity (Wildman–Crippen MR) is 68.8 cm³/mol. The highest BCUT2D eigenvalue weighted by Gasteiger charge is 2.09. The van der Waals surface area contributed by atoms with Crippen LogP contribution in [0.3, 0.4) is 0 Å². The highest BCUT2D eigenvalue weighted by Crippen LogP contribution is 2.10. The van der Waals surface area contributed by atoms with Crippen molar-refractivity contribution in [1.29, 1.82) is 0 Å². The number of primary amides is 1. The van der Waals surface area contributed by atoms with E-state index in [0.717, 1.165) is 5.69 Å². The maximum Gasteiger partial charge on any atom is 0.254 e. The van der Waals surface area contributed by atoms with E-state index in [9.17, 15) is 9.59 Å². The van der Waals surface area contributed by atoms with Gasteiger partial charge in [-0.1, -0.05) is 0 Å². The van der Waals surface area contributed by atoms with E-state index in [1.807, 2.05) is 6.92 Å². The fourth-order valence-electron chi connectivity index (χ4n) is 1.49. The summed E-state index contributed by atoms with van der Waals surface area (Å²) >= 11 is 0. The lowest BCUT2D eigenvalue weighted by Crippen LogP contribution is -2.25. The summed E-state index contributed by atoms with van der Waals surface area (Å²) in [6.45, 7) is 2.29. The third-order valence-electron chi connectivity index (χ3n) is 2.45. The van der Waals surface area contributed by atoms with Gasteiger partial charge < -0.3 is 16.8 Å². The first-order valence-corrected chi connectivity index (χ1v) is 5.79. The zero-order valence-corrected chi connectivity index (χ0v) is 10.4. The van der Waals surface area contributed by atoms with E-state index < -0.39 is 0 Å². The average Bonchev–Trinajstić information content (AvgIpc) is 2.27. The number of hydrogen-bond donors (Lipinski definition) is 3. The van der Waals surface area contributed by atoms with Crippen LogP contribution in [0.4, 0.5) is 5.69 Å². The molecule has 0 saturated carbocycles. The molecule has 18 heavy (non-hydrogen) atoms. The lowest BCUT2D eigenvalue weighted by Gasteiger charge is -2.07. The van der Waals surface area contributed by atoms with Gasteiger partial charge in [-0.05, 0) is 25.8 Å². The monoisotopic (exact) mass is 250 g/mol. The van der Waals surface area contributed by atoms with Gasteiger partial charge in [-0.25, -0.2) is 0 Å². The number of rotatable bonds is 6. The molecule has 1 rings (SSSR count). The minimum Gasteiger partial charge on any atom is -0.398 e. The van der Waals surface area contributed by atoms with Crippen molar-refractivity contribution in [2.24, 2.45) is 5.73 Å². The number of carbonyl (C=O) groups excluding carboxylic acids is 2. The second-order valence-corrected chi connectivity index (χ2v) is 4.09. The quantitative estimate of drug-likeness (QED) is 0.633. The van der Waals surface area contributed by atoms with Crippen LogP contribution in [0.15, 0.2) is 12.3 Å². The molecule has 98 valence electrons. The third-order valence-corrected chi connectivity index (χ3v) is 2.45. The molecule has 5 N–H and O–H groups in total. The van der Waals surface area contributed by atoms with Gasteiger partial charge in [-0.2, -0.15) is 0 Å². The average molecular weight is 250 g/mol. The zero-order valence-electron chi connectivity index (χ0n) is 10.4. The number of nitrogens with one attached hydrogen (secondary N) is 1. The molecule has 1 aromatic rings. The molecule has 0 fully saturated rings. The van der Waals surface area contributed by atoms with Crippen molar-refractivity contribution in [1.82, 2.24) is 10.3 Å². The van der Waals surface area contributed by atoms with E-state index in [1.165, 1.54) is 6.20 Å². The minimum absolute atomic E-state index is 0.251. The maximum atomic E-state index is 11.8. The summed E-state index contributed by atoms with van der Waals surface area (Å²) in [7, 11) is 0. The summed E-state index contributed by atoms with van der Waals surface area (Å²) in [5.74, 6) is -0.576. The van der Waals surface area contributed by atoms with Crippen molar-refractivity contribution >= 4 is 17.5 Å². The Morgan fingerprint density at radius 1 is 1.39 bits per heavy atom. The number of unbranched alkanes of at least 4 members (excludes halogenated alkanes) is 1. The summed E-state index contributed by atoms with van der Waals surface area (Å²) in [6.07, 6.45) is 3.17. The Hall–Kier alpha value is -2.11. The van der Waals surface area contributed by atoms with Crippen LogP contribution < -0.4 is 16.8 Å². The van der Waals surface area contributed by atoms with Gasteiger partial charge in [0, 0.05) is 30.5 Å². The van der Waals surface area contributed by atoms with Crippen LogP contribution in [-0.2, 0) is 4.79 Å². The number of carbonyl (C=O) groups is 2. The van der Waals surface area contributed by atoms with Gasteiger partial charge in [0.2, 0.25) is 5.91 Å². The summed E-state index contributed by atoms with van der Waals surface area (Å²) in [4.78, 5) is 26.3. The van der Waals surface area contributed by atoms with Crippen LogP contribution in [-0.4, -0.2) is 23.3 Å². The number of hydrogen-bond acceptors (Lipinski definition) is 4. The van der Waals surface area contributed by atoms with Crippen molar-refractivity contribution in [3.63, 3.8) is 0 Å². The Balaban J connectivity index is 2.39. The number of nitrogen functional groups attached to an aromatic ring is 1. The van der Waals surface area contributed by atoms with Crippen LogP contribution in [0.5, 0.6) is 0 Å².